The molecule has 3 atom stereocenters. The molecule has 2 fully saturated rings. The molecule has 3 N–H and O–H groups in total. The molecule has 3 rings (SSSR count). The lowest BCUT2D eigenvalue weighted by molar-refractivity contribution is -0.175. The topological polar surface area (TPSA) is 64.3 Å². The van der Waals surface area contributed by atoms with Crippen molar-refractivity contribution in [2.24, 2.45) is 17.1 Å². The van der Waals surface area contributed by atoms with Crippen LogP contribution in [0.25, 0.3) is 0 Å². The van der Waals surface area contributed by atoms with Gasteiger partial charge >= 0.3 is 0 Å². The molecular formula is C14H19BrN2O2S. The fourth-order valence-corrected chi connectivity index (χ4v) is 5.03. The molecule has 1 aliphatic heterocycles. The molecule has 3 unspecified atom stereocenters. The number of carbonyl (C=O) groups excluding carboxylic acids is 1. The summed E-state index contributed by atoms with van der Waals surface area (Å²) in [5.74, 6) is 0.0892. The minimum absolute atomic E-state index is 0.0567. The maximum atomic E-state index is 12.6. The summed E-state index contributed by atoms with van der Waals surface area (Å²) in [6.45, 7) is 5.30. The molecule has 2 aliphatic rings. The monoisotopic (exact) mass is 358 g/mol. The Labute approximate surface area is 131 Å². The summed E-state index contributed by atoms with van der Waals surface area (Å²) in [6, 6.07) is 3.99. The second-order valence-electron chi connectivity index (χ2n) is 6.17. The molecule has 110 valence electrons. The zero-order chi connectivity index (χ0) is 14.5. The molecule has 1 aromatic heterocycles. The van der Waals surface area contributed by atoms with Crippen molar-refractivity contribution in [3.63, 3.8) is 0 Å². The molecule has 1 aliphatic carbocycles. The Hall–Kier alpha value is -0.430. The number of nitrogens with one attached hydrogen (secondary N) is 1. The number of hydrogen-bond donors (Lipinski definition) is 2. The number of thiophene rings is 1. The van der Waals surface area contributed by atoms with Crippen LogP contribution in [0.1, 0.15) is 25.1 Å². The van der Waals surface area contributed by atoms with E-state index in [9.17, 15) is 4.79 Å². The van der Waals surface area contributed by atoms with Gasteiger partial charge in [0, 0.05) is 22.8 Å². The van der Waals surface area contributed by atoms with Crippen LogP contribution in [0, 0.1) is 11.3 Å². The second kappa shape index (κ2) is 4.80. The van der Waals surface area contributed by atoms with Gasteiger partial charge in [-0.2, -0.15) is 0 Å². The maximum Gasteiger partial charge on any atom is 0.241 e. The lowest BCUT2D eigenvalue weighted by Gasteiger charge is -2.60. The first-order valence-electron chi connectivity index (χ1n) is 6.80. The smallest absolute Gasteiger partial charge is 0.241 e. The van der Waals surface area contributed by atoms with E-state index < -0.39 is 5.54 Å². The van der Waals surface area contributed by atoms with Crippen molar-refractivity contribution < 1.29 is 9.53 Å². The van der Waals surface area contributed by atoms with Crippen LogP contribution in [0.4, 0.5) is 0 Å². The first kappa shape index (κ1) is 14.5. The molecule has 1 saturated carbocycles. The van der Waals surface area contributed by atoms with Crippen LogP contribution in [0.3, 0.4) is 0 Å². The highest BCUT2D eigenvalue weighted by Crippen LogP contribution is 2.58. The average molecular weight is 359 g/mol. The van der Waals surface area contributed by atoms with E-state index in [2.05, 4.69) is 21.2 Å². The third-order valence-electron chi connectivity index (χ3n) is 4.88. The van der Waals surface area contributed by atoms with E-state index in [1.165, 1.54) is 0 Å². The van der Waals surface area contributed by atoms with Crippen LogP contribution in [-0.2, 0) is 16.1 Å². The molecule has 1 saturated heterocycles. The van der Waals surface area contributed by atoms with Crippen molar-refractivity contribution in [2.75, 3.05) is 6.61 Å². The Bertz CT molecular complexity index is 545. The number of halogens is 1. The number of amides is 1. The summed E-state index contributed by atoms with van der Waals surface area (Å²) >= 11 is 5.04. The van der Waals surface area contributed by atoms with Gasteiger partial charge in [0.05, 0.1) is 16.4 Å². The molecule has 2 heterocycles. The molecule has 20 heavy (non-hydrogen) atoms. The number of fused-ring (bicyclic) bond motifs is 1. The largest absolute Gasteiger partial charge is 0.377 e. The predicted octanol–water partition coefficient (Wildman–Crippen LogP) is 2.27. The Balaban J connectivity index is 1.70. The number of ether oxygens (including phenoxy) is 1. The van der Waals surface area contributed by atoms with E-state index >= 15 is 0 Å². The van der Waals surface area contributed by atoms with Gasteiger partial charge in [0.25, 0.3) is 0 Å². The van der Waals surface area contributed by atoms with E-state index in [1.807, 2.05) is 26.0 Å². The van der Waals surface area contributed by atoms with E-state index in [0.29, 0.717) is 13.2 Å². The van der Waals surface area contributed by atoms with E-state index in [4.69, 9.17) is 10.5 Å². The lowest BCUT2D eigenvalue weighted by atomic mass is 9.48. The third kappa shape index (κ3) is 1.89. The van der Waals surface area contributed by atoms with Crippen LogP contribution in [0.5, 0.6) is 0 Å². The Morgan fingerprint density at radius 2 is 2.35 bits per heavy atom. The number of nitrogens with two attached hydrogens (primary N) is 1. The maximum absolute atomic E-state index is 12.6. The molecule has 0 aromatic carbocycles. The molecular weight excluding hydrogens is 340 g/mol. The summed E-state index contributed by atoms with van der Waals surface area (Å²) < 4.78 is 6.78. The van der Waals surface area contributed by atoms with Gasteiger partial charge in [-0.1, -0.05) is 13.8 Å². The second-order valence-corrected chi connectivity index (χ2v) is 8.71. The SMILES string of the molecule is CC1(C)C2OCCC2C1(N)C(=O)NCc1ccc(Br)s1. The van der Waals surface area contributed by atoms with Gasteiger partial charge in [-0.3, -0.25) is 4.79 Å². The zero-order valence-electron chi connectivity index (χ0n) is 11.6. The first-order valence-corrected chi connectivity index (χ1v) is 8.41. The van der Waals surface area contributed by atoms with Crippen molar-refractivity contribution in [3.8, 4) is 0 Å². The van der Waals surface area contributed by atoms with Gasteiger partial charge in [-0.05, 0) is 34.5 Å². The van der Waals surface area contributed by atoms with Crippen LogP contribution in [0.2, 0.25) is 0 Å². The Morgan fingerprint density at radius 1 is 1.60 bits per heavy atom. The van der Waals surface area contributed by atoms with Gasteiger partial charge < -0.3 is 15.8 Å². The molecule has 0 bridgehead atoms. The molecule has 0 radical (unpaired) electrons. The van der Waals surface area contributed by atoms with Crippen molar-refractivity contribution in [3.05, 3.63) is 20.8 Å². The lowest BCUT2D eigenvalue weighted by Crippen LogP contribution is -2.80. The van der Waals surface area contributed by atoms with E-state index in [-0.39, 0.29) is 23.3 Å². The number of rotatable bonds is 3. The van der Waals surface area contributed by atoms with Gasteiger partial charge in [-0.25, -0.2) is 0 Å². The molecule has 1 amide bonds. The third-order valence-corrected chi connectivity index (χ3v) is 6.51. The highest BCUT2D eigenvalue weighted by molar-refractivity contribution is 9.11. The summed E-state index contributed by atoms with van der Waals surface area (Å²) in [6.07, 6.45) is 0.997. The van der Waals surface area contributed by atoms with E-state index in [1.54, 1.807) is 11.3 Å². The molecule has 4 nitrogen and oxygen atoms in total. The van der Waals surface area contributed by atoms with Crippen LogP contribution in [-0.4, -0.2) is 24.2 Å². The zero-order valence-corrected chi connectivity index (χ0v) is 14.0. The van der Waals surface area contributed by atoms with Crippen molar-refractivity contribution in [1.82, 2.24) is 5.32 Å². The highest BCUT2D eigenvalue weighted by Gasteiger charge is 2.71. The van der Waals surface area contributed by atoms with E-state index in [0.717, 1.165) is 15.1 Å². The first-order chi connectivity index (χ1) is 9.37. The van der Waals surface area contributed by atoms with Gasteiger partial charge in [0.1, 0.15) is 5.54 Å². The summed E-state index contributed by atoms with van der Waals surface area (Å²) in [5, 5.41) is 2.99. The van der Waals surface area contributed by atoms with Gasteiger partial charge in [0.2, 0.25) is 5.91 Å². The quantitative estimate of drug-likeness (QED) is 0.870. The fourth-order valence-electron chi connectivity index (χ4n) is 3.61. The Kier molecular flexibility index (Phi) is 3.48. The predicted molar refractivity (Wildman–Crippen MR) is 82.4 cm³/mol. The minimum atomic E-state index is -0.817. The summed E-state index contributed by atoms with van der Waals surface area (Å²) in [4.78, 5) is 13.7. The molecule has 6 heteroatoms. The van der Waals surface area contributed by atoms with Crippen molar-refractivity contribution in [1.29, 1.82) is 0 Å². The van der Waals surface area contributed by atoms with Crippen LogP contribution < -0.4 is 11.1 Å². The van der Waals surface area contributed by atoms with Crippen molar-refractivity contribution >= 4 is 33.2 Å². The van der Waals surface area contributed by atoms with Crippen LogP contribution in [0.15, 0.2) is 15.9 Å². The minimum Gasteiger partial charge on any atom is -0.377 e. The highest BCUT2D eigenvalue weighted by atomic mass is 79.9. The summed E-state index contributed by atoms with van der Waals surface area (Å²) in [7, 11) is 0. The number of hydrogen-bond acceptors (Lipinski definition) is 4. The Morgan fingerprint density at radius 3 is 3.00 bits per heavy atom. The number of carbonyl (C=O) groups is 1. The molecule has 0 spiro atoms. The molecule has 1 aromatic rings. The fraction of sp³-hybridized carbons (Fsp3) is 0.643. The van der Waals surface area contributed by atoms with Crippen LogP contribution >= 0.6 is 27.3 Å². The average Bonchev–Trinajstić information content (AvgIpc) is 3.02. The normalized spacial score (nSPS) is 34.4. The summed E-state index contributed by atoms with van der Waals surface area (Å²) in [5.41, 5.74) is 5.35. The van der Waals surface area contributed by atoms with Crippen molar-refractivity contribution in [2.45, 2.75) is 38.5 Å². The standard InChI is InChI=1S/C14H19BrN2O2S/c1-13(2)11-9(5-6-19-11)14(13,16)12(18)17-7-8-3-4-10(15)20-8/h3-4,9,11H,5-7,16H2,1-2H3,(H,17,18). The van der Waals surface area contributed by atoms with Gasteiger partial charge in [-0.15, -0.1) is 11.3 Å². The van der Waals surface area contributed by atoms with Gasteiger partial charge in [0.15, 0.2) is 0 Å².